The summed E-state index contributed by atoms with van der Waals surface area (Å²) >= 11 is 0. The van der Waals surface area contributed by atoms with Gasteiger partial charge >= 0.3 is 11.9 Å². The second-order valence-corrected chi connectivity index (χ2v) is 8.84. The molecule has 2 N–H and O–H groups in total. The quantitative estimate of drug-likeness (QED) is 0.342. The van der Waals surface area contributed by atoms with Crippen LogP contribution in [0.2, 0.25) is 0 Å². The summed E-state index contributed by atoms with van der Waals surface area (Å²) in [4.78, 5) is 28.2. The Balaban J connectivity index is 1.17. The summed E-state index contributed by atoms with van der Waals surface area (Å²) in [5, 5.41) is 6.36. The molecule has 0 unspecified atom stereocenters. The smallest absolute Gasteiger partial charge is 0.321 e. The maximum absolute atomic E-state index is 13.5. The van der Waals surface area contributed by atoms with Crippen molar-refractivity contribution in [1.82, 2.24) is 24.3 Å². The Morgan fingerprint density at radius 3 is 2.57 bits per heavy atom. The molecular formula is C27H24FN7O2. The molecule has 2 amide bonds. The standard InChI is InChI=1S/C27H24FN7O2/c28-19-8-6-18(7-9-19)23-24(35-16-17-37-27(35)33-23)22-10-13-29-25(32-22)30-21-11-14-34(15-12-21)26(36)31-20-4-2-1-3-5-20/h1-10,13,16-17,21H,11-12,14-15H2,(H,31,36)(H,29,30,32). The Morgan fingerprint density at radius 2 is 1.78 bits per heavy atom. The van der Waals surface area contributed by atoms with Gasteiger partial charge in [0.25, 0.3) is 0 Å². The Hall–Kier alpha value is -4.73. The van der Waals surface area contributed by atoms with Crippen molar-refractivity contribution in [3.63, 3.8) is 0 Å². The fraction of sp³-hybridized carbons (Fsp3) is 0.185. The largest absolute Gasteiger partial charge is 0.432 e. The van der Waals surface area contributed by atoms with Gasteiger partial charge in [-0.1, -0.05) is 18.2 Å². The summed E-state index contributed by atoms with van der Waals surface area (Å²) < 4.78 is 20.8. The van der Waals surface area contributed by atoms with E-state index in [0.717, 1.165) is 29.8 Å². The summed E-state index contributed by atoms with van der Waals surface area (Å²) in [7, 11) is 0. The van der Waals surface area contributed by atoms with E-state index in [9.17, 15) is 9.18 Å². The Morgan fingerprint density at radius 1 is 1.00 bits per heavy atom. The highest BCUT2D eigenvalue weighted by molar-refractivity contribution is 5.89. The highest BCUT2D eigenvalue weighted by atomic mass is 19.1. The minimum atomic E-state index is -0.315. The summed E-state index contributed by atoms with van der Waals surface area (Å²) in [6.45, 7) is 1.26. The van der Waals surface area contributed by atoms with Crippen molar-refractivity contribution in [2.45, 2.75) is 18.9 Å². The van der Waals surface area contributed by atoms with Crippen LogP contribution in [-0.2, 0) is 0 Å². The number of piperidine rings is 1. The van der Waals surface area contributed by atoms with E-state index in [1.165, 1.54) is 12.1 Å². The van der Waals surface area contributed by atoms with Crippen molar-refractivity contribution in [3.05, 3.63) is 85.1 Å². The van der Waals surface area contributed by atoms with Gasteiger partial charge in [0.15, 0.2) is 0 Å². The summed E-state index contributed by atoms with van der Waals surface area (Å²) in [5.41, 5.74) is 3.56. The molecule has 1 fully saturated rings. The number of hydrogen-bond donors (Lipinski definition) is 2. The molecule has 0 saturated carbocycles. The lowest BCUT2D eigenvalue weighted by Crippen LogP contribution is -2.44. The van der Waals surface area contributed by atoms with Crippen LogP contribution in [0.25, 0.3) is 28.5 Å². The van der Waals surface area contributed by atoms with Gasteiger partial charge in [-0.2, -0.15) is 4.98 Å². The summed E-state index contributed by atoms with van der Waals surface area (Å²) in [5.74, 6) is 0.599. The number of benzene rings is 2. The molecule has 10 heteroatoms. The molecule has 6 rings (SSSR count). The third-order valence-electron chi connectivity index (χ3n) is 6.42. The molecule has 2 aromatic carbocycles. The number of para-hydroxylation sites is 1. The van der Waals surface area contributed by atoms with Crippen molar-refractivity contribution < 1.29 is 13.6 Å². The zero-order chi connectivity index (χ0) is 25.2. The van der Waals surface area contributed by atoms with Gasteiger partial charge in [0, 0.05) is 42.8 Å². The average molecular weight is 498 g/mol. The van der Waals surface area contributed by atoms with Gasteiger partial charge in [-0.3, -0.25) is 4.40 Å². The Bertz CT molecular complexity index is 1520. The second-order valence-electron chi connectivity index (χ2n) is 8.84. The topological polar surface area (TPSA) is 101 Å². The average Bonchev–Trinajstić information content (AvgIpc) is 3.52. The van der Waals surface area contributed by atoms with E-state index >= 15 is 0 Å². The van der Waals surface area contributed by atoms with Crippen LogP contribution in [0.1, 0.15) is 12.8 Å². The van der Waals surface area contributed by atoms with Crippen LogP contribution < -0.4 is 10.6 Å². The predicted molar refractivity (Wildman–Crippen MR) is 138 cm³/mol. The Labute approximate surface area is 212 Å². The molecule has 0 aliphatic carbocycles. The van der Waals surface area contributed by atoms with Crippen LogP contribution in [0, 0.1) is 5.82 Å². The van der Waals surface area contributed by atoms with Crippen LogP contribution in [0.5, 0.6) is 0 Å². The van der Waals surface area contributed by atoms with E-state index in [1.54, 1.807) is 30.8 Å². The maximum Gasteiger partial charge on any atom is 0.321 e. The lowest BCUT2D eigenvalue weighted by Gasteiger charge is -2.32. The highest BCUT2D eigenvalue weighted by Crippen LogP contribution is 2.32. The number of nitrogens with zero attached hydrogens (tertiary/aromatic N) is 5. The fourth-order valence-corrected chi connectivity index (χ4v) is 4.53. The monoisotopic (exact) mass is 497 g/mol. The van der Waals surface area contributed by atoms with Crippen molar-refractivity contribution >= 4 is 23.5 Å². The molecule has 4 heterocycles. The van der Waals surface area contributed by atoms with Crippen LogP contribution in [0.15, 0.2) is 83.7 Å². The van der Waals surface area contributed by atoms with Crippen molar-refractivity contribution in [2.75, 3.05) is 23.7 Å². The van der Waals surface area contributed by atoms with E-state index in [0.29, 0.717) is 36.3 Å². The van der Waals surface area contributed by atoms with Gasteiger partial charge in [-0.25, -0.2) is 19.2 Å². The van der Waals surface area contributed by atoms with Gasteiger partial charge in [-0.15, -0.1) is 0 Å². The minimum absolute atomic E-state index is 0.0962. The van der Waals surface area contributed by atoms with Crippen LogP contribution in [-0.4, -0.2) is 49.4 Å². The van der Waals surface area contributed by atoms with Gasteiger partial charge in [-0.05, 0) is 55.3 Å². The molecule has 0 radical (unpaired) electrons. The minimum Gasteiger partial charge on any atom is -0.432 e. The van der Waals surface area contributed by atoms with Gasteiger partial charge in [0.2, 0.25) is 5.95 Å². The van der Waals surface area contributed by atoms with Crippen molar-refractivity contribution in [1.29, 1.82) is 0 Å². The number of nitrogens with one attached hydrogen (secondary N) is 2. The molecule has 0 atom stereocenters. The maximum atomic E-state index is 13.5. The first-order chi connectivity index (χ1) is 18.1. The third-order valence-corrected chi connectivity index (χ3v) is 6.42. The predicted octanol–water partition coefficient (Wildman–Crippen LogP) is 5.30. The molecule has 0 spiro atoms. The molecule has 9 nitrogen and oxygen atoms in total. The van der Waals surface area contributed by atoms with Gasteiger partial charge in [0.1, 0.15) is 23.5 Å². The van der Waals surface area contributed by atoms with Crippen molar-refractivity contribution in [3.8, 4) is 22.6 Å². The number of carbonyl (C=O) groups excluding carboxylic acids is 1. The number of halogens is 1. The number of fused-ring (bicyclic) bond motifs is 1. The van der Waals surface area contributed by atoms with Crippen LogP contribution >= 0.6 is 0 Å². The highest BCUT2D eigenvalue weighted by Gasteiger charge is 2.24. The molecule has 3 aromatic heterocycles. The van der Waals surface area contributed by atoms with E-state index in [-0.39, 0.29) is 17.9 Å². The molecule has 1 aliphatic heterocycles. The number of carbonyl (C=O) groups is 1. The molecule has 37 heavy (non-hydrogen) atoms. The van der Waals surface area contributed by atoms with Crippen LogP contribution in [0.3, 0.4) is 0 Å². The summed E-state index contributed by atoms with van der Waals surface area (Å²) in [6, 6.07) is 17.5. The number of likely N-dealkylation sites (tertiary alicyclic amines) is 1. The molecule has 1 aliphatic rings. The number of urea groups is 1. The van der Waals surface area contributed by atoms with E-state index in [2.05, 4.69) is 20.6 Å². The molecule has 5 aromatic rings. The van der Waals surface area contributed by atoms with E-state index in [1.807, 2.05) is 45.7 Å². The second kappa shape index (κ2) is 9.73. The molecular weight excluding hydrogens is 473 g/mol. The number of aromatic nitrogens is 4. The lowest BCUT2D eigenvalue weighted by molar-refractivity contribution is 0.197. The number of rotatable bonds is 5. The SMILES string of the molecule is O=C(Nc1ccccc1)N1CCC(Nc2nccc(-c3c(-c4ccc(F)cc4)nc4occn34)n2)CC1. The third kappa shape index (κ3) is 4.73. The molecule has 186 valence electrons. The van der Waals surface area contributed by atoms with Gasteiger partial charge in [0.05, 0.1) is 5.69 Å². The number of hydrogen-bond acceptors (Lipinski definition) is 6. The molecule has 1 saturated heterocycles. The van der Waals surface area contributed by atoms with Crippen molar-refractivity contribution in [2.24, 2.45) is 0 Å². The number of anilines is 2. The number of amides is 2. The zero-order valence-corrected chi connectivity index (χ0v) is 19.8. The lowest BCUT2D eigenvalue weighted by atomic mass is 10.1. The van der Waals surface area contributed by atoms with Crippen LogP contribution in [0.4, 0.5) is 20.8 Å². The summed E-state index contributed by atoms with van der Waals surface area (Å²) in [6.07, 6.45) is 6.57. The van der Waals surface area contributed by atoms with Gasteiger partial charge < -0.3 is 20.0 Å². The first kappa shape index (κ1) is 22.7. The Kier molecular flexibility index (Phi) is 5.97. The first-order valence-electron chi connectivity index (χ1n) is 12.1. The molecule has 0 bridgehead atoms. The van der Waals surface area contributed by atoms with E-state index in [4.69, 9.17) is 9.40 Å². The fourth-order valence-electron chi connectivity index (χ4n) is 4.53. The normalized spacial score (nSPS) is 14.1. The first-order valence-corrected chi connectivity index (χ1v) is 12.1. The van der Waals surface area contributed by atoms with E-state index < -0.39 is 0 Å². The number of oxazole rings is 1. The zero-order valence-electron chi connectivity index (χ0n) is 19.8. The number of imidazole rings is 1.